The Labute approximate surface area is 205 Å². The van der Waals surface area contributed by atoms with Crippen LogP contribution >= 0.6 is 0 Å². The summed E-state index contributed by atoms with van der Waals surface area (Å²) < 4.78 is 10.1. The van der Waals surface area contributed by atoms with Crippen LogP contribution in [0.2, 0.25) is 0 Å². The second-order valence-corrected chi connectivity index (χ2v) is 8.43. The number of amides is 2. The molecule has 0 spiro atoms. The van der Waals surface area contributed by atoms with Crippen LogP contribution in [-0.4, -0.2) is 42.4 Å². The molecular formula is C26H33N3O6. The van der Waals surface area contributed by atoms with Crippen LogP contribution in [0.25, 0.3) is 0 Å². The predicted octanol–water partition coefficient (Wildman–Crippen LogP) is 2.79. The first-order valence-electron chi connectivity index (χ1n) is 11.5. The molecule has 0 radical (unpaired) electrons. The number of anilines is 1. The summed E-state index contributed by atoms with van der Waals surface area (Å²) in [5.74, 6) is -2.02. The number of rotatable bonds is 12. The number of hydrogen-bond acceptors (Lipinski definition) is 7. The van der Waals surface area contributed by atoms with Gasteiger partial charge in [0.25, 0.3) is 0 Å². The van der Waals surface area contributed by atoms with Crippen molar-refractivity contribution >= 4 is 29.4 Å². The number of benzene rings is 2. The van der Waals surface area contributed by atoms with Gasteiger partial charge in [-0.05, 0) is 49.1 Å². The van der Waals surface area contributed by atoms with Crippen molar-refractivity contribution in [2.75, 3.05) is 11.9 Å². The van der Waals surface area contributed by atoms with Crippen molar-refractivity contribution in [1.82, 2.24) is 5.32 Å². The van der Waals surface area contributed by atoms with Gasteiger partial charge in [0.2, 0.25) is 11.8 Å². The lowest BCUT2D eigenvalue weighted by atomic mass is 10.0. The molecule has 0 heterocycles. The van der Waals surface area contributed by atoms with Gasteiger partial charge < -0.3 is 25.8 Å². The third kappa shape index (κ3) is 9.58. The minimum absolute atomic E-state index is 0.0847. The molecule has 9 heteroatoms. The van der Waals surface area contributed by atoms with Crippen LogP contribution in [0.15, 0.2) is 54.6 Å². The first kappa shape index (κ1) is 27.5. The summed E-state index contributed by atoms with van der Waals surface area (Å²) >= 11 is 0. The standard InChI is InChI=1S/C26H33N3O6/c1-4-34-26(33)19-10-12-20(13-11-19)28-25(32)22(14-17(2)3)29-24(31)21(27)15-23(30)35-16-18-8-6-5-7-9-18/h5-13,17,21-22H,4,14-16,27H2,1-3H3,(H,28,32)(H,29,31). The van der Waals surface area contributed by atoms with E-state index >= 15 is 0 Å². The minimum Gasteiger partial charge on any atom is -0.462 e. The molecule has 0 aliphatic rings. The fraction of sp³-hybridized carbons (Fsp3) is 0.385. The van der Waals surface area contributed by atoms with Gasteiger partial charge in [0, 0.05) is 5.69 Å². The van der Waals surface area contributed by atoms with Gasteiger partial charge in [0.1, 0.15) is 12.6 Å². The lowest BCUT2D eigenvalue weighted by Gasteiger charge is -2.22. The van der Waals surface area contributed by atoms with Crippen LogP contribution in [0, 0.1) is 5.92 Å². The normalized spacial score (nSPS) is 12.4. The summed E-state index contributed by atoms with van der Waals surface area (Å²) in [6.45, 7) is 5.90. The van der Waals surface area contributed by atoms with Crippen molar-refractivity contribution in [2.45, 2.75) is 52.3 Å². The van der Waals surface area contributed by atoms with Crippen molar-refractivity contribution in [3.63, 3.8) is 0 Å². The Morgan fingerprint density at radius 3 is 2.17 bits per heavy atom. The number of hydrogen-bond donors (Lipinski definition) is 3. The molecular weight excluding hydrogens is 450 g/mol. The summed E-state index contributed by atoms with van der Waals surface area (Å²) in [7, 11) is 0. The number of nitrogens with two attached hydrogens (primary N) is 1. The van der Waals surface area contributed by atoms with Crippen LogP contribution in [-0.2, 0) is 30.5 Å². The molecule has 2 unspecified atom stereocenters. The maximum absolute atomic E-state index is 12.9. The zero-order chi connectivity index (χ0) is 25.8. The summed E-state index contributed by atoms with van der Waals surface area (Å²) in [6.07, 6.45) is 0.0493. The second-order valence-electron chi connectivity index (χ2n) is 8.43. The van der Waals surface area contributed by atoms with Gasteiger partial charge in [0.05, 0.1) is 24.6 Å². The zero-order valence-corrected chi connectivity index (χ0v) is 20.3. The Morgan fingerprint density at radius 1 is 0.914 bits per heavy atom. The highest BCUT2D eigenvalue weighted by molar-refractivity contribution is 5.98. The maximum atomic E-state index is 12.9. The smallest absolute Gasteiger partial charge is 0.338 e. The zero-order valence-electron chi connectivity index (χ0n) is 20.3. The lowest BCUT2D eigenvalue weighted by molar-refractivity contribution is -0.146. The molecule has 2 aromatic rings. The summed E-state index contributed by atoms with van der Waals surface area (Å²) in [6, 6.07) is 13.4. The van der Waals surface area contributed by atoms with Gasteiger partial charge in [-0.25, -0.2) is 4.79 Å². The van der Waals surface area contributed by atoms with E-state index in [2.05, 4.69) is 10.6 Å². The fourth-order valence-electron chi connectivity index (χ4n) is 3.18. The first-order valence-corrected chi connectivity index (χ1v) is 11.5. The lowest BCUT2D eigenvalue weighted by Crippen LogP contribution is -2.51. The fourth-order valence-corrected chi connectivity index (χ4v) is 3.18. The van der Waals surface area contributed by atoms with Crippen molar-refractivity contribution in [3.8, 4) is 0 Å². The molecule has 0 saturated heterocycles. The molecule has 0 bridgehead atoms. The number of carbonyl (C=O) groups is 4. The SMILES string of the molecule is CCOC(=O)c1ccc(NC(=O)C(CC(C)C)NC(=O)C(N)CC(=O)OCc2ccccc2)cc1. The predicted molar refractivity (Wildman–Crippen MR) is 131 cm³/mol. The molecule has 2 amide bonds. The molecule has 9 nitrogen and oxygen atoms in total. The quantitative estimate of drug-likeness (QED) is 0.395. The van der Waals surface area contributed by atoms with E-state index in [4.69, 9.17) is 15.2 Å². The largest absolute Gasteiger partial charge is 0.462 e. The highest BCUT2D eigenvalue weighted by Crippen LogP contribution is 2.13. The van der Waals surface area contributed by atoms with Gasteiger partial charge in [-0.3, -0.25) is 14.4 Å². The Kier molecular flexibility index (Phi) is 10.9. The third-order valence-corrected chi connectivity index (χ3v) is 4.97. The van der Waals surface area contributed by atoms with Crippen molar-refractivity contribution < 1.29 is 28.7 Å². The summed E-state index contributed by atoms with van der Waals surface area (Å²) in [4.78, 5) is 49.3. The van der Waals surface area contributed by atoms with Gasteiger partial charge in [-0.1, -0.05) is 44.2 Å². The van der Waals surface area contributed by atoms with Gasteiger partial charge in [-0.2, -0.15) is 0 Å². The average Bonchev–Trinajstić information content (AvgIpc) is 2.83. The summed E-state index contributed by atoms with van der Waals surface area (Å²) in [5.41, 5.74) is 7.54. The Bertz CT molecular complexity index is 992. The van der Waals surface area contributed by atoms with Crippen molar-refractivity contribution in [1.29, 1.82) is 0 Å². The topological polar surface area (TPSA) is 137 Å². The van der Waals surface area contributed by atoms with E-state index in [1.807, 2.05) is 44.2 Å². The minimum atomic E-state index is -1.16. The van der Waals surface area contributed by atoms with E-state index in [9.17, 15) is 19.2 Å². The number of esters is 2. The van der Waals surface area contributed by atoms with E-state index < -0.39 is 35.8 Å². The average molecular weight is 484 g/mol. The molecule has 0 aliphatic heterocycles. The molecule has 0 fully saturated rings. The van der Waals surface area contributed by atoms with Crippen LogP contribution in [0.3, 0.4) is 0 Å². The highest BCUT2D eigenvalue weighted by Gasteiger charge is 2.26. The van der Waals surface area contributed by atoms with E-state index in [1.165, 1.54) is 0 Å². The highest BCUT2D eigenvalue weighted by atomic mass is 16.5. The second kappa shape index (κ2) is 13.9. The van der Waals surface area contributed by atoms with Crippen LogP contribution < -0.4 is 16.4 Å². The molecule has 2 rings (SSSR count). The van der Waals surface area contributed by atoms with Crippen molar-refractivity contribution in [3.05, 3.63) is 65.7 Å². The maximum Gasteiger partial charge on any atom is 0.338 e. The van der Waals surface area contributed by atoms with Crippen LogP contribution in [0.1, 0.15) is 49.5 Å². The Morgan fingerprint density at radius 2 is 1.57 bits per heavy atom. The van der Waals surface area contributed by atoms with Gasteiger partial charge in [0.15, 0.2) is 0 Å². The van der Waals surface area contributed by atoms with E-state index in [1.54, 1.807) is 31.2 Å². The number of carbonyl (C=O) groups excluding carboxylic acids is 4. The monoisotopic (exact) mass is 483 g/mol. The molecule has 2 aromatic carbocycles. The Balaban J connectivity index is 1.92. The van der Waals surface area contributed by atoms with E-state index in [-0.39, 0.29) is 25.6 Å². The molecule has 4 N–H and O–H groups in total. The molecule has 2 atom stereocenters. The van der Waals surface area contributed by atoms with E-state index in [0.717, 1.165) is 5.56 Å². The number of nitrogens with one attached hydrogen (secondary N) is 2. The van der Waals surface area contributed by atoms with Gasteiger partial charge >= 0.3 is 11.9 Å². The van der Waals surface area contributed by atoms with Crippen LogP contribution in [0.5, 0.6) is 0 Å². The molecule has 0 saturated carbocycles. The Hall–Kier alpha value is -3.72. The van der Waals surface area contributed by atoms with Gasteiger partial charge in [-0.15, -0.1) is 0 Å². The van der Waals surface area contributed by atoms with Crippen LogP contribution in [0.4, 0.5) is 5.69 Å². The summed E-state index contributed by atoms with van der Waals surface area (Å²) in [5, 5.41) is 5.37. The third-order valence-electron chi connectivity index (χ3n) is 4.97. The number of ether oxygens (including phenoxy) is 2. The van der Waals surface area contributed by atoms with Crippen molar-refractivity contribution in [2.24, 2.45) is 11.7 Å². The molecule has 188 valence electrons. The first-order chi connectivity index (χ1) is 16.7. The van der Waals surface area contributed by atoms with E-state index in [0.29, 0.717) is 17.7 Å². The molecule has 0 aromatic heterocycles. The molecule has 35 heavy (non-hydrogen) atoms. The molecule has 0 aliphatic carbocycles.